The first kappa shape index (κ1) is 8.02. The molecule has 0 aromatic heterocycles. The predicted molar refractivity (Wildman–Crippen MR) is 39.7 cm³/mol. The van der Waals surface area contributed by atoms with Crippen LogP contribution in [0, 0.1) is 11.8 Å². The quantitative estimate of drug-likeness (QED) is 0.550. The van der Waals surface area contributed by atoms with E-state index in [0.29, 0.717) is 11.8 Å². The van der Waals surface area contributed by atoms with E-state index in [-0.39, 0.29) is 12.2 Å². The molecule has 2 heteroatoms. The van der Waals surface area contributed by atoms with Crippen molar-refractivity contribution in [3.05, 3.63) is 0 Å². The minimum Gasteiger partial charge on any atom is -0.390 e. The maximum absolute atomic E-state index is 9.49. The zero-order valence-corrected chi connectivity index (χ0v) is 6.87. The highest BCUT2D eigenvalue weighted by atomic mass is 16.5. The molecule has 0 aromatic rings. The topological polar surface area (TPSA) is 29.5 Å². The van der Waals surface area contributed by atoms with Crippen molar-refractivity contribution in [1.82, 2.24) is 0 Å². The molecule has 1 saturated heterocycles. The van der Waals surface area contributed by atoms with Gasteiger partial charge in [-0.05, 0) is 18.8 Å². The first-order valence-corrected chi connectivity index (χ1v) is 3.92. The Balaban J connectivity index is 2.52. The number of hydrogen-bond donors (Lipinski definition) is 1. The molecule has 4 unspecified atom stereocenters. The first-order valence-electron chi connectivity index (χ1n) is 3.92. The molecular weight excluding hydrogens is 128 g/mol. The van der Waals surface area contributed by atoms with Gasteiger partial charge in [0.25, 0.3) is 0 Å². The van der Waals surface area contributed by atoms with Crippen molar-refractivity contribution in [1.29, 1.82) is 0 Å². The Morgan fingerprint density at radius 3 is 2.40 bits per heavy atom. The molecule has 1 aliphatic heterocycles. The Bertz CT molecular complexity index is 99.8. The highest BCUT2D eigenvalue weighted by Crippen LogP contribution is 2.24. The van der Waals surface area contributed by atoms with E-state index in [4.69, 9.17) is 4.74 Å². The van der Waals surface area contributed by atoms with Crippen molar-refractivity contribution in [2.75, 3.05) is 6.61 Å². The van der Waals surface area contributed by atoms with Crippen molar-refractivity contribution in [3.63, 3.8) is 0 Å². The zero-order chi connectivity index (χ0) is 7.72. The van der Waals surface area contributed by atoms with E-state index >= 15 is 0 Å². The fourth-order valence-electron chi connectivity index (χ4n) is 1.32. The van der Waals surface area contributed by atoms with Crippen molar-refractivity contribution >= 4 is 0 Å². The van der Waals surface area contributed by atoms with Crippen LogP contribution >= 0.6 is 0 Å². The summed E-state index contributed by atoms with van der Waals surface area (Å²) >= 11 is 0. The molecule has 1 heterocycles. The number of ether oxygens (including phenoxy) is 1. The van der Waals surface area contributed by atoms with E-state index in [1.807, 2.05) is 6.92 Å². The maximum atomic E-state index is 9.49. The van der Waals surface area contributed by atoms with Crippen LogP contribution in [-0.4, -0.2) is 23.9 Å². The van der Waals surface area contributed by atoms with Gasteiger partial charge < -0.3 is 9.84 Å². The summed E-state index contributed by atoms with van der Waals surface area (Å²) in [7, 11) is 0. The molecule has 0 amide bonds. The molecule has 4 atom stereocenters. The normalized spacial score (nSPS) is 49.2. The van der Waals surface area contributed by atoms with Gasteiger partial charge in [0.05, 0.1) is 12.2 Å². The summed E-state index contributed by atoms with van der Waals surface area (Å²) in [4.78, 5) is 0. The van der Waals surface area contributed by atoms with Gasteiger partial charge in [-0.25, -0.2) is 0 Å². The van der Waals surface area contributed by atoms with Crippen LogP contribution in [0.25, 0.3) is 0 Å². The second-order valence-corrected chi connectivity index (χ2v) is 3.37. The monoisotopic (exact) mass is 144 g/mol. The third kappa shape index (κ3) is 1.32. The number of hydrogen-bond acceptors (Lipinski definition) is 2. The van der Waals surface area contributed by atoms with Crippen LogP contribution in [-0.2, 0) is 4.74 Å². The molecule has 60 valence electrons. The summed E-state index contributed by atoms with van der Waals surface area (Å²) in [5.41, 5.74) is 0. The lowest BCUT2D eigenvalue weighted by Gasteiger charge is -2.35. The standard InChI is InChI=1S/C8H16O2/c1-5-4-10-7(3)8(9)6(5)2/h5-9H,4H2,1-3H3. The van der Waals surface area contributed by atoms with Crippen LogP contribution < -0.4 is 0 Å². The summed E-state index contributed by atoms with van der Waals surface area (Å²) in [6.07, 6.45) is -0.255. The lowest BCUT2D eigenvalue weighted by molar-refractivity contribution is -0.116. The van der Waals surface area contributed by atoms with Crippen LogP contribution in [0.3, 0.4) is 0 Å². The summed E-state index contributed by atoms with van der Waals surface area (Å²) in [6, 6.07) is 0. The third-order valence-corrected chi connectivity index (χ3v) is 2.54. The number of rotatable bonds is 0. The molecule has 0 bridgehead atoms. The third-order valence-electron chi connectivity index (χ3n) is 2.54. The van der Waals surface area contributed by atoms with Gasteiger partial charge in [0.1, 0.15) is 0 Å². The van der Waals surface area contributed by atoms with Crippen LogP contribution in [0.15, 0.2) is 0 Å². The van der Waals surface area contributed by atoms with E-state index in [2.05, 4.69) is 13.8 Å². The van der Waals surface area contributed by atoms with E-state index in [0.717, 1.165) is 6.61 Å². The van der Waals surface area contributed by atoms with Crippen LogP contribution in [0.4, 0.5) is 0 Å². The molecule has 0 aliphatic carbocycles. The maximum Gasteiger partial charge on any atom is 0.0827 e. The molecule has 1 N–H and O–H groups in total. The SMILES string of the molecule is CC1COC(C)C(O)C1C. The van der Waals surface area contributed by atoms with Gasteiger partial charge in [-0.3, -0.25) is 0 Å². The van der Waals surface area contributed by atoms with Crippen LogP contribution in [0.1, 0.15) is 20.8 Å². The summed E-state index contributed by atoms with van der Waals surface area (Å²) in [6.45, 7) is 6.90. The minimum atomic E-state index is -0.274. The minimum absolute atomic E-state index is 0.0196. The Morgan fingerprint density at radius 1 is 1.30 bits per heavy atom. The molecule has 0 saturated carbocycles. The fraction of sp³-hybridized carbons (Fsp3) is 1.00. The van der Waals surface area contributed by atoms with Crippen molar-refractivity contribution in [2.24, 2.45) is 11.8 Å². The Hall–Kier alpha value is -0.0800. The van der Waals surface area contributed by atoms with Gasteiger partial charge in [-0.2, -0.15) is 0 Å². The second-order valence-electron chi connectivity index (χ2n) is 3.37. The van der Waals surface area contributed by atoms with Gasteiger partial charge >= 0.3 is 0 Å². The average molecular weight is 144 g/mol. The van der Waals surface area contributed by atoms with E-state index in [1.165, 1.54) is 0 Å². The van der Waals surface area contributed by atoms with Gasteiger partial charge in [0.15, 0.2) is 0 Å². The van der Waals surface area contributed by atoms with Gasteiger partial charge in [0.2, 0.25) is 0 Å². The van der Waals surface area contributed by atoms with Crippen molar-refractivity contribution in [3.8, 4) is 0 Å². The summed E-state index contributed by atoms with van der Waals surface area (Å²) in [5, 5.41) is 9.49. The second kappa shape index (κ2) is 2.89. The van der Waals surface area contributed by atoms with Crippen molar-refractivity contribution < 1.29 is 9.84 Å². The summed E-state index contributed by atoms with van der Waals surface area (Å²) in [5.74, 6) is 0.870. The van der Waals surface area contributed by atoms with Gasteiger partial charge in [0, 0.05) is 6.61 Å². The Labute approximate surface area is 62.2 Å². The average Bonchev–Trinajstić information content (AvgIpc) is 1.93. The molecule has 1 aliphatic rings. The molecular formula is C8H16O2. The largest absolute Gasteiger partial charge is 0.390 e. The van der Waals surface area contributed by atoms with E-state index in [1.54, 1.807) is 0 Å². The van der Waals surface area contributed by atoms with E-state index in [9.17, 15) is 5.11 Å². The molecule has 0 spiro atoms. The molecule has 1 rings (SSSR count). The molecule has 0 aromatic carbocycles. The lowest BCUT2D eigenvalue weighted by atomic mass is 9.86. The smallest absolute Gasteiger partial charge is 0.0827 e. The summed E-state index contributed by atoms with van der Waals surface area (Å²) < 4.78 is 5.32. The fourth-order valence-corrected chi connectivity index (χ4v) is 1.32. The Kier molecular flexibility index (Phi) is 2.32. The molecule has 0 radical (unpaired) electrons. The number of aliphatic hydroxyl groups is 1. The van der Waals surface area contributed by atoms with Crippen molar-refractivity contribution in [2.45, 2.75) is 33.0 Å². The van der Waals surface area contributed by atoms with E-state index < -0.39 is 0 Å². The zero-order valence-electron chi connectivity index (χ0n) is 6.87. The van der Waals surface area contributed by atoms with Crippen LogP contribution in [0.5, 0.6) is 0 Å². The Morgan fingerprint density at radius 2 is 1.90 bits per heavy atom. The highest BCUT2D eigenvalue weighted by Gasteiger charge is 2.31. The first-order chi connectivity index (χ1) is 4.63. The highest BCUT2D eigenvalue weighted by molar-refractivity contribution is 4.79. The molecule has 10 heavy (non-hydrogen) atoms. The van der Waals surface area contributed by atoms with Crippen LogP contribution in [0.2, 0.25) is 0 Å². The van der Waals surface area contributed by atoms with Gasteiger partial charge in [-0.15, -0.1) is 0 Å². The lowest BCUT2D eigenvalue weighted by Crippen LogP contribution is -2.42. The van der Waals surface area contributed by atoms with Gasteiger partial charge in [-0.1, -0.05) is 13.8 Å². The molecule has 1 fully saturated rings. The number of aliphatic hydroxyl groups excluding tert-OH is 1. The predicted octanol–water partition coefficient (Wildman–Crippen LogP) is 1.04. The molecule has 2 nitrogen and oxygen atoms in total.